The van der Waals surface area contributed by atoms with Crippen LogP contribution in [-0.4, -0.2) is 13.0 Å². The highest BCUT2D eigenvalue weighted by atomic mass is 16.5. The highest BCUT2D eigenvalue weighted by Gasteiger charge is 2.31. The zero-order valence-corrected chi connectivity index (χ0v) is 11.1. The van der Waals surface area contributed by atoms with Crippen LogP contribution in [0.5, 0.6) is 0 Å². The molecule has 1 atom stereocenters. The summed E-state index contributed by atoms with van der Waals surface area (Å²) in [6, 6.07) is 10.5. The van der Waals surface area contributed by atoms with E-state index in [-0.39, 0.29) is 5.41 Å². The summed E-state index contributed by atoms with van der Waals surface area (Å²) in [6.07, 6.45) is 3.95. The van der Waals surface area contributed by atoms with Gasteiger partial charge in [0.1, 0.15) is 0 Å². The predicted octanol–water partition coefficient (Wildman–Crippen LogP) is 4.15. The zero-order chi connectivity index (χ0) is 12.7. The number of methoxy groups -OCH3 is 1. The Labute approximate surface area is 105 Å². The molecule has 1 unspecified atom stereocenters. The third-order valence-corrected chi connectivity index (χ3v) is 3.54. The lowest BCUT2D eigenvalue weighted by molar-refractivity contribution is 0.327. The number of benzene rings is 1. The summed E-state index contributed by atoms with van der Waals surface area (Å²) in [4.78, 5) is 0. The second-order valence-electron chi connectivity index (χ2n) is 4.55. The normalized spacial score (nSPS) is 14.1. The molecule has 1 N–H and O–H groups in total. The third kappa shape index (κ3) is 3.32. The van der Waals surface area contributed by atoms with Crippen LogP contribution < -0.4 is 0 Å². The topological polar surface area (TPSA) is 33.1 Å². The van der Waals surface area contributed by atoms with Gasteiger partial charge in [-0.1, -0.05) is 50.6 Å². The Morgan fingerprint density at radius 3 is 2.35 bits per heavy atom. The van der Waals surface area contributed by atoms with Crippen LogP contribution in [-0.2, 0) is 10.2 Å². The van der Waals surface area contributed by atoms with E-state index in [2.05, 4.69) is 38.1 Å². The largest absolute Gasteiger partial charge is 0.484 e. The van der Waals surface area contributed by atoms with E-state index in [4.69, 9.17) is 10.1 Å². The first-order valence-electron chi connectivity index (χ1n) is 6.35. The van der Waals surface area contributed by atoms with Crippen molar-refractivity contribution in [1.82, 2.24) is 0 Å². The predicted molar refractivity (Wildman–Crippen MR) is 72.7 cm³/mol. The minimum Gasteiger partial charge on any atom is -0.484 e. The van der Waals surface area contributed by atoms with Crippen molar-refractivity contribution in [3.8, 4) is 0 Å². The molecular weight excluding hydrogens is 210 g/mol. The summed E-state index contributed by atoms with van der Waals surface area (Å²) in [7, 11) is 1.58. The van der Waals surface area contributed by atoms with Crippen LogP contribution in [0.3, 0.4) is 0 Å². The van der Waals surface area contributed by atoms with Gasteiger partial charge in [-0.05, 0) is 18.4 Å². The first kappa shape index (κ1) is 13.8. The molecule has 17 heavy (non-hydrogen) atoms. The van der Waals surface area contributed by atoms with Crippen LogP contribution in [0.1, 0.15) is 45.1 Å². The Morgan fingerprint density at radius 2 is 1.88 bits per heavy atom. The molecule has 1 aromatic carbocycles. The molecule has 1 aromatic rings. The highest BCUT2D eigenvalue weighted by Crippen LogP contribution is 2.36. The second kappa shape index (κ2) is 6.43. The first-order chi connectivity index (χ1) is 8.18. The molecule has 0 aliphatic heterocycles. The standard InChI is InChI=1S/C15H23NO/c1-4-11-15(5-2,12-14(16)17-3)13-9-7-6-8-10-13/h6-10,16H,4-5,11-12H2,1-3H3. The number of nitrogens with one attached hydrogen (secondary N) is 1. The van der Waals surface area contributed by atoms with Crippen LogP contribution in [0.15, 0.2) is 30.3 Å². The number of hydrogen-bond donors (Lipinski definition) is 1. The zero-order valence-electron chi connectivity index (χ0n) is 11.1. The maximum atomic E-state index is 7.80. The lowest BCUT2D eigenvalue weighted by atomic mass is 9.72. The van der Waals surface area contributed by atoms with Crippen molar-refractivity contribution in [2.45, 2.75) is 44.9 Å². The van der Waals surface area contributed by atoms with Gasteiger partial charge in [0.2, 0.25) is 0 Å². The van der Waals surface area contributed by atoms with Gasteiger partial charge in [-0.25, -0.2) is 0 Å². The van der Waals surface area contributed by atoms with Crippen molar-refractivity contribution in [3.05, 3.63) is 35.9 Å². The molecule has 0 amide bonds. The van der Waals surface area contributed by atoms with Crippen molar-refractivity contribution < 1.29 is 4.74 Å². The van der Waals surface area contributed by atoms with Gasteiger partial charge in [-0.3, -0.25) is 5.41 Å². The molecule has 0 bridgehead atoms. The molecule has 0 saturated heterocycles. The van der Waals surface area contributed by atoms with E-state index in [1.165, 1.54) is 5.56 Å². The maximum absolute atomic E-state index is 7.80. The van der Waals surface area contributed by atoms with E-state index in [9.17, 15) is 0 Å². The molecule has 1 rings (SSSR count). The van der Waals surface area contributed by atoms with Crippen LogP contribution in [0.2, 0.25) is 0 Å². The maximum Gasteiger partial charge on any atom is 0.180 e. The molecule has 0 fully saturated rings. The van der Waals surface area contributed by atoms with E-state index in [1.54, 1.807) is 7.11 Å². The van der Waals surface area contributed by atoms with Gasteiger partial charge in [-0.2, -0.15) is 0 Å². The Bertz CT molecular complexity index is 347. The van der Waals surface area contributed by atoms with Gasteiger partial charge in [0.25, 0.3) is 0 Å². The van der Waals surface area contributed by atoms with Crippen molar-refractivity contribution in [3.63, 3.8) is 0 Å². The van der Waals surface area contributed by atoms with Gasteiger partial charge in [0.05, 0.1) is 7.11 Å². The van der Waals surface area contributed by atoms with Crippen molar-refractivity contribution in [2.75, 3.05) is 7.11 Å². The monoisotopic (exact) mass is 233 g/mol. The SMILES string of the molecule is CCCC(CC)(CC(=N)OC)c1ccccc1. The molecular formula is C15H23NO. The van der Waals surface area contributed by atoms with Gasteiger partial charge in [0.15, 0.2) is 5.90 Å². The Balaban J connectivity index is 3.04. The molecule has 0 radical (unpaired) electrons. The van der Waals surface area contributed by atoms with Gasteiger partial charge < -0.3 is 4.74 Å². The fourth-order valence-electron chi connectivity index (χ4n) is 2.49. The van der Waals surface area contributed by atoms with Crippen molar-refractivity contribution in [1.29, 1.82) is 5.41 Å². The van der Waals surface area contributed by atoms with Crippen LogP contribution >= 0.6 is 0 Å². The summed E-state index contributed by atoms with van der Waals surface area (Å²) in [5, 5.41) is 7.80. The lowest BCUT2D eigenvalue weighted by Crippen LogP contribution is -2.29. The van der Waals surface area contributed by atoms with Crippen LogP contribution in [0, 0.1) is 5.41 Å². The number of rotatable bonds is 6. The quantitative estimate of drug-likeness (QED) is 0.581. The second-order valence-corrected chi connectivity index (χ2v) is 4.55. The number of hydrogen-bond acceptors (Lipinski definition) is 2. The average molecular weight is 233 g/mol. The molecule has 0 aliphatic carbocycles. The Hall–Kier alpha value is -1.31. The summed E-state index contributed by atoms with van der Waals surface area (Å²) in [5.41, 5.74) is 1.38. The molecule has 0 aliphatic rings. The Kier molecular flexibility index (Phi) is 5.20. The molecule has 2 nitrogen and oxygen atoms in total. The lowest BCUT2D eigenvalue weighted by Gasteiger charge is -2.33. The van der Waals surface area contributed by atoms with Gasteiger partial charge in [-0.15, -0.1) is 0 Å². The Morgan fingerprint density at radius 1 is 1.24 bits per heavy atom. The molecule has 0 heterocycles. The summed E-state index contributed by atoms with van der Waals surface area (Å²) < 4.78 is 5.06. The van der Waals surface area contributed by atoms with Gasteiger partial charge in [0, 0.05) is 11.8 Å². The van der Waals surface area contributed by atoms with Crippen molar-refractivity contribution >= 4 is 5.90 Å². The smallest absolute Gasteiger partial charge is 0.180 e. The van der Waals surface area contributed by atoms with E-state index < -0.39 is 0 Å². The van der Waals surface area contributed by atoms with E-state index in [0.717, 1.165) is 19.3 Å². The molecule has 2 heteroatoms. The molecule has 0 aromatic heterocycles. The minimum atomic E-state index is 0.0586. The molecule has 0 saturated carbocycles. The summed E-state index contributed by atoms with van der Waals surface area (Å²) in [5.74, 6) is 0.379. The van der Waals surface area contributed by atoms with Crippen LogP contribution in [0.25, 0.3) is 0 Å². The summed E-state index contributed by atoms with van der Waals surface area (Å²) in [6.45, 7) is 4.40. The fourth-order valence-corrected chi connectivity index (χ4v) is 2.49. The van der Waals surface area contributed by atoms with E-state index in [0.29, 0.717) is 12.3 Å². The van der Waals surface area contributed by atoms with Crippen molar-refractivity contribution in [2.24, 2.45) is 0 Å². The van der Waals surface area contributed by atoms with E-state index >= 15 is 0 Å². The first-order valence-corrected chi connectivity index (χ1v) is 6.35. The number of ether oxygens (including phenoxy) is 1. The third-order valence-electron chi connectivity index (χ3n) is 3.54. The average Bonchev–Trinajstić information content (AvgIpc) is 2.39. The molecule has 0 spiro atoms. The molecule has 94 valence electrons. The van der Waals surface area contributed by atoms with Crippen LogP contribution in [0.4, 0.5) is 0 Å². The fraction of sp³-hybridized carbons (Fsp3) is 0.533. The van der Waals surface area contributed by atoms with E-state index in [1.807, 2.05) is 6.07 Å². The minimum absolute atomic E-state index is 0.0586. The van der Waals surface area contributed by atoms with Gasteiger partial charge >= 0.3 is 0 Å². The summed E-state index contributed by atoms with van der Waals surface area (Å²) >= 11 is 0. The highest BCUT2D eigenvalue weighted by molar-refractivity contribution is 5.74.